The highest BCUT2D eigenvalue weighted by atomic mass is 32.2. The van der Waals surface area contributed by atoms with Gasteiger partial charge in [-0.25, -0.2) is 4.98 Å². The zero-order valence-corrected chi connectivity index (χ0v) is 15.0. The van der Waals surface area contributed by atoms with Crippen LogP contribution in [-0.2, 0) is 0 Å². The third-order valence-corrected chi connectivity index (χ3v) is 5.38. The zero-order valence-electron chi connectivity index (χ0n) is 14.2. The van der Waals surface area contributed by atoms with E-state index in [9.17, 15) is 4.79 Å². The molecule has 0 radical (unpaired) electrons. The first-order valence-corrected chi connectivity index (χ1v) is 9.21. The Bertz CT molecular complexity index is 1100. The molecule has 0 bridgehead atoms. The number of ketones is 1. The molecule has 3 nitrogen and oxygen atoms in total. The van der Waals surface area contributed by atoms with Crippen LogP contribution in [0.3, 0.4) is 0 Å². The normalized spacial score (nSPS) is 11.3. The molecular formula is C21H18N2OS. The Labute approximate surface area is 150 Å². The Kier molecular flexibility index (Phi) is 4.06. The lowest BCUT2D eigenvalue weighted by Gasteiger charge is -2.08. The van der Waals surface area contributed by atoms with Crippen molar-refractivity contribution in [2.45, 2.75) is 18.9 Å². The molecule has 4 aromatic rings. The smallest absolute Gasteiger partial charge is 0.175 e. The van der Waals surface area contributed by atoms with E-state index in [2.05, 4.69) is 43.1 Å². The number of aryl methyl sites for hydroxylation is 2. The molecule has 0 fully saturated rings. The summed E-state index contributed by atoms with van der Waals surface area (Å²) < 4.78 is 0. The van der Waals surface area contributed by atoms with E-state index in [0.29, 0.717) is 5.75 Å². The number of carbonyl (C=O) groups excluding carboxylic acids is 1. The van der Waals surface area contributed by atoms with Crippen molar-refractivity contribution in [1.82, 2.24) is 9.97 Å². The van der Waals surface area contributed by atoms with Crippen LogP contribution in [0, 0.1) is 13.8 Å². The van der Waals surface area contributed by atoms with Gasteiger partial charge in [0.1, 0.15) is 0 Å². The molecule has 124 valence electrons. The molecule has 0 aliphatic carbocycles. The number of H-pyrrole nitrogens is 1. The first kappa shape index (κ1) is 15.9. The second kappa shape index (κ2) is 6.37. The fraction of sp³-hybridized carbons (Fsp3) is 0.143. The number of aromatic nitrogens is 2. The van der Waals surface area contributed by atoms with Gasteiger partial charge in [-0.05, 0) is 37.1 Å². The predicted molar refractivity (Wildman–Crippen MR) is 105 cm³/mol. The summed E-state index contributed by atoms with van der Waals surface area (Å²) in [6, 6.07) is 16.2. The van der Waals surface area contributed by atoms with Crippen molar-refractivity contribution in [3.05, 3.63) is 71.4 Å². The molecule has 0 spiro atoms. The van der Waals surface area contributed by atoms with Gasteiger partial charge in [0.2, 0.25) is 0 Å². The molecular weight excluding hydrogens is 328 g/mol. The third-order valence-electron chi connectivity index (χ3n) is 4.47. The maximum Gasteiger partial charge on any atom is 0.175 e. The standard InChI is InChI=1S/C21H18N2OS/c1-13-6-5-8-15-14(2)10-20(23-21(13)15)25-12-19(24)17-11-22-18-9-4-3-7-16(17)18/h3-11,22H,12H2,1-2H3. The van der Waals surface area contributed by atoms with Crippen molar-refractivity contribution in [2.24, 2.45) is 0 Å². The van der Waals surface area contributed by atoms with Crippen LogP contribution in [-0.4, -0.2) is 21.5 Å². The van der Waals surface area contributed by atoms with Crippen LogP contribution in [0.25, 0.3) is 21.8 Å². The lowest BCUT2D eigenvalue weighted by atomic mass is 10.1. The Balaban J connectivity index is 1.60. The van der Waals surface area contributed by atoms with Gasteiger partial charge in [-0.3, -0.25) is 4.79 Å². The molecule has 2 aromatic heterocycles. The van der Waals surface area contributed by atoms with Crippen LogP contribution >= 0.6 is 11.8 Å². The van der Waals surface area contributed by atoms with Crippen LogP contribution in [0.4, 0.5) is 0 Å². The van der Waals surface area contributed by atoms with Gasteiger partial charge in [0.05, 0.1) is 16.3 Å². The molecule has 0 aliphatic rings. The van der Waals surface area contributed by atoms with Crippen molar-refractivity contribution in [1.29, 1.82) is 0 Å². The molecule has 25 heavy (non-hydrogen) atoms. The topological polar surface area (TPSA) is 45.8 Å². The minimum absolute atomic E-state index is 0.117. The number of rotatable bonds is 4. The number of nitrogens with zero attached hydrogens (tertiary/aromatic N) is 1. The molecule has 0 aliphatic heterocycles. The van der Waals surface area contributed by atoms with E-state index in [4.69, 9.17) is 4.98 Å². The minimum atomic E-state index is 0.117. The summed E-state index contributed by atoms with van der Waals surface area (Å²) in [4.78, 5) is 20.6. The predicted octanol–water partition coefficient (Wildman–Crippen LogP) is 5.31. The van der Waals surface area contributed by atoms with E-state index in [-0.39, 0.29) is 5.78 Å². The van der Waals surface area contributed by atoms with Gasteiger partial charge in [0.15, 0.2) is 5.78 Å². The number of hydrogen-bond donors (Lipinski definition) is 1. The highest BCUT2D eigenvalue weighted by Crippen LogP contribution is 2.27. The fourth-order valence-corrected chi connectivity index (χ4v) is 3.97. The second-order valence-electron chi connectivity index (χ2n) is 6.21. The van der Waals surface area contributed by atoms with Crippen LogP contribution in [0.2, 0.25) is 0 Å². The minimum Gasteiger partial charge on any atom is -0.360 e. The average Bonchev–Trinajstić information content (AvgIpc) is 3.05. The summed E-state index contributed by atoms with van der Waals surface area (Å²) >= 11 is 1.50. The van der Waals surface area contributed by atoms with E-state index in [0.717, 1.165) is 32.6 Å². The Morgan fingerprint density at radius 1 is 1.04 bits per heavy atom. The number of fused-ring (bicyclic) bond motifs is 2. The van der Waals surface area contributed by atoms with Crippen LogP contribution in [0.1, 0.15) is 21.5 Å². The van der Waals surface area contributed by atoms with Crippen LogP contribution < -0.4 is 0 Å². The van der Waals surface area contributed by atoms with E-state index in [1.807, 2.05) is 24.3 Å². The summed E-state index contributed by atoms with van der Waals surface area (Å²) in [6.45, 7) is 4.16. The molecule has 2 aromatic carbocycles. The molecule has 0 unspecified atom stereocenters. The highest BCUT2D eigenvalue weighted by Gasteiger charge is 2.13. The number of aromatic amines is 1. The molecule has 4 heteroatoms. The van der Waals surface area contributed by atoms with E-state index in [1.54, 1.807) is 6.20 Å². The number of carbonyl (C=O) groups is 1. The van der Waals surface area contributed by atoms with E-state index < -0.39 is 0 Å². The number of nitrogens with one attached hydrogen (secondary N) is 1. The lowest BCUT2D eigenvalue weighted by molar-refractivity contribution is 0.102. The summed E-state index contributed by atoms with van der Waals surface area (Å²) in [5, 5.41) is 3.05. The second-order valence-corrected chi connectivity index (χ2v) is 7.20. The molecule has 0 amide bonds. The van der Waals surface area contributed by atoms with Gasteiger partial charge in [0.25, 0.3) is 0 Å². The number of benzene rings is 2. The summed E-state index contributed by atoms with van der Waals surface area (Å²) in [5.41, 5.74) is 5.11. The van der Waals surface area contributed by atoms with E-state index >= 15 is 0 Å². The van der Waals surface area contributed by atoms with Crippen molar-refractivity contribution in [3.8, 4) is 0 Å². The summed E-state index contributed by atoms with van der Waals surface area (Å²) in [5.74, 6) is 0.498. The zero-order chi connectivity index (χ0) is 17.4. The van der Waals surface area contributed by atoms with Gasteiger partial charge in [-0.15, -0.1) is 0 Å². The largest absolute Gasteiger partial charge is 0.360 e. The third kappa shape index (κ3) is 2.94. The molecule has 4 rings (SSSR count). The number of Topliss-reactive ketones (excluding diaryl/α,β-unsaturated/α-hetero) is 1. The number of pyridine rings is 1. The Hall–Kier alpha value is -2.59. The lowest BCUT2D eigenvalue weighted by Crippen LogP contribution is -2.02. The maximum absolute atomic E-state index is 12.6. The number of hydrogen-bond acceptors (Lipinski definition) is 3. The monoisotopic (exact) mass is 346 g/mol. The van der Waals surface area contributed by atoms with Crippen molar-refractivity contribution in [2.75, 3.05) is 5.75 Å². The first-order chi connectivity index (χ1) is 12.1. The number of thioether (sulfide) groups is 1. The van der Waals surface area contributed by atoms with Crippen LogP contribution in [0.15, 0.2) is 59.8 Å². The van der Waals surface area contributed by atoms with Crippen molar-refractivity contribution in [3.63, 3.8) is 0 Å². The molecule has 0 atom stereocenters. The molecule has 0 saturated heterocycles. The van der Waals surface area contributed by atoms with Crippen molar-refractivity contribution >= 4 is 39.4 Å². The Morgan fingerprint density at radius 2 is 1.84 bits per heavy atom. The molecule has 2 heterocycles. The first-order valence-electron chi connectivity index (χ1n) is 8.22. The van der Waals surface area contributed by atoms with Crippen LogP contribution in [0.5, 0.6) is 0 Å². The van der Waals surface area contributed by atoms with Gasteiger partial charge in [-0.1, -0.05) is 48.2 Å². The highest BCUT2D eigenvalue weighted by molar-refractivity contribution is 7.99. The van der Waals surface area contributed by atoms with Crippen molar-refractivity contribution < 1.29 is 4.79 Å². The fourth-order valence-electron chi connectivity index (χ4n) is 3.12. The summed E-state index contributed by atoms with van der Waals surface area (Å²) in [6.07, 6.45) is 1.80. The SMILES string of the molecule is Cc1cc(SCC(=O)c2c[nH]c3ccccc23)nc2c(C)cccc12. The number of para-hydroxylation sites is 2. The maximum atomic E-state index is 12.6. The van der Waals surface area contributed by atoms with Gasteiger partial charge in [0, 0.05) is 28.0 Å². The van der Waals surface area contributed by atoms with Gasteiger partial charge in [-0.2, -0.15) is 0 Å². The van der Waals surface area contributed by atoms with Gasteiger partial charge < -0.3 is 4.98 Å². The summed E-state index contributed by atoms with van der Waals surface area (Å²) in [7, 11) is 0. The Morgan fingerprint density at radius 3 is 2.72 bits per heavy atom. The quantitative estimate of drug-likeness (QED) is 0.402. The average molecular weight is 346 g/mol. The molecule has 1 N–H and O–H groups in total. The molecule has 0 saturated carbocycles. The van der Waals surface area contributed by atoms with Gasteiger partial charge >= 0.3 is 0 Å². The van der Waals surface area contributed by atoms with E-state index in [1.165, 1.54) is 22.7 Å².